The number of aromatic nitrogens is 2. The summed E-state index contributed by atoms with van der Waals surface area (Å²) in [5, 5.41) is 5.71. The summed E-state index contributed by atoms with van der Waals surface area (Å²) < 4.78 is 18.0. The zero-order valence-corrected chi connectivity index (χ0v) is 17.5. The second kappa shape index (κ2) is 8.03. The molecule has 2 heterocycles. The second-order valence-electron chi connectivity index (χ2n) is 7.07. The number of benzene rings is 3. The number of hydrogen-bond acceptors (Lipinski definition) is 6. The van der Waals surface area contributed by atoms with Crippen molar-refractivity contribution in [2.45, 2.75) is 0 Å². The number of ether oxygens (including phenoxy) is 2. The Morgan fingerprint density at radius 1 is 0.938 bits per heavy atom. The molecule has 0 aliphatic rings. The highest BCUT2D eigenvalue weighted by Crippen LogP contribution is 2.32. The highest BCUT2D eigenvalue weighted by atomic mass is 16.5. The third-order valence-electron chi connectivity index (χ3n) is 5.13. The molecule has 32 heavy (non-hydrogen) atoms. The van der Waals surface area contributed by atoms with Crippen molar-refractivity contribution in [2.24, 2.45) is 5.10 Å². The standard InChI is InChI=1S/C25H19N3O4/c1-30-17-8-5-7-16(13-17)15-26-28-24(27-20-10-4-3-9-18(20)25(28)29)23-14-19-21(31-2)11-6-12-22(19)32-23/h3-15H,1-2H3. The van der Waals surface area contributed by atoms with E-state index >= 15 is 0 Å². The van der Waals surface area contributed by atoms with E-state index in [0.29, 0.717) is 39.6 Å². The van der Waals surface area contributed by atoms with Crippen LogP contribution in [-0.4, -0.2) is 30.1 Å². The van der Waals surface area contributed by atoms with E-state index in [1.54, 1.807) is 38.6 Å². The summed E-state index contributed by atoms with van der Waals surface area (Å²) >= 11 is 0. The molecule has 7 nitrogen and oxygen atoms in total. The first-order valence-electron chi connectivity index (χ1n) is 9.95. The van der Waals surface area contributed by atoms with E-state index in [4.69, 9.17) is 18.9 Å². The largest absolute Gasteiger partial charge is 0.497 e. The van der Waals surface area contributed by atoms with Crippen LogP contribution in [0.1, 0.15) is 5.56 Å². The summed E-state index contributed by atoms with van der Waals surface area (Å²) in [6.07, 6.45) is 1.59. The van der Waals surface area contributed by atoms with Crippen molar-refractivity contribution in [3.05, 3.63) is 88.7 Å². The summed E-state index contributed by atoms with van der Waals surface area (Å²) in [6.45, 7) is 0. The molecule has 0 radical (unpaired) electrons. The van der Waals surface area contributed by atoms with Crippen LogP contribution in [0.15, 0.2) is 87.1 Å². The number of methoxy groups -OCH3 is 2. The third kappa shape index (κ3) is 3.39. The molecule has 0 aliphatic heterocycles. The monoisotopic (exact) mass is 425 g/mol. The van der Waals surface area contributed by atoms with Gasteiger partial charge in [-0.1, -0.05) is 30.3 Å². The van der Waals surface area contributed by atoms with Gasteiger partial charge in [-0.15, -0.1) is 0 Å². The number of para-hydroxylation sites is 1. The molecular formula is C25H19N3O4. The summed E-state index contributed by atoms with van der Waals surface area (Å²) in [4.78, 5) is 18.0. The van der Waals surface area contributed by atoms with E-state index in [-0.39, 0.29) is 5.56 Å². The molecule has 2 aromatic heterocycles. The van der Waals surface area contributed by atoms with Gasteiger partial charge in [0.1, 0.15) is 17.1 Å². The predicted octanol–water partition coefficient (Wildman–Crippen LogP) is 4.71. The Labute approximate surface area is 183 Å². The van der Waals surface area contributed by atoms with Crippen LogP contribution in [0.25, 0.3) is 33.5 Å². The lowest BCUT2D eigenvalue weighted by Crippen LogP contribution is -2.20. The van der Waals surface area contributed by atoms with Crippen LogP contribution in [0.3, 0.4) is 0 Å². The van der Waals surface area contributed by atoms with Crippen LogP contribution in [0.4, 0.5) is 0 Å². The molecule has 0 spiro atoms. The molecule has 0 fully saturated rings. The number of fused-ring (bicyclic) bond motifs is 2. The zero-order valence-electron chi connectivity index (χ0n) is 17.5. The van der Waals surface area contributed by atoms with Crippen molar-refractivity contribution in [3.8, 4) is 23.1 Å². The normalized spacial score (nSPS) is 11.4. The van der Waals surface area contributed by atoms with Crippen molar-refractivity contribution >= 4 is 28.1 Å². The van der Waals surface area contributed by atoms with Crippen LogP contribution in [0, 0.1) is 0 Å². The van der Waals surface area contributed by atoms with Crippen LogP contribution in [0.5, 0.6) is 11.5 Å². The number of furan rings is 1. The van der Waals surface area contributed by atoms with Gasteiger partial charge in [-0.25, -0.2) is 4.98 Å². The first-order valence-corrected chi connectivity index (χ1v) is 9.95. The smallest absolute Gasteiger partial charge is 0.282 e. The lowest BCUT2D eigenvalue weighted by atomic mass is 10.2. The van der Waals surface area contributed by atoms with Crippen molar-refractivity contribution in [3.63, 3.8) is 0 Å². The summed E-state index contributed by atoms with van der Waals surface area (Å²) in [5.41, 5.74) is 1.68. The molecule has 0 saturated carbocycles. The average Bonchev–Trinajstić information content (AvgIpc) is 3.28. The maximum absolute atomic E-state index is 13.3. The molecule has 0 unspecified atom stereocenters. The van der Waals surface area contributed by atoms with Gasteiger partial charge < -0.3 is 13.9 Å². The fraction of sp³-hybridized carbons (Fsp3) is 0.0800. The second-order valence-corrected chi connectivity index (χ2v) is 7.07. The lowest BCUT2D eigenvalue weighted by molar-refractivity contribution is 0.414. The molecule has 0 amide bonds. The van der Waals surface area contributed by atoms with Gasteiger partial charge in [0, 0.05) is 0 Å². The highest BCUT2D eigenvalue weighted by molar-refractivity contribution is 5.88. The van der Waals surface area contributed by atoms with Gasteiger partial charge in [0.05, 0.1) is 36.7 Å². The molecule has 0 saturated heterocycles. The first kappa shape index (κ1) is 19.6. The number of hydrogen-bond donors (Lipinski definition) is 0. The summed E-state index contributed by atoms with van der Waals surface area (Å²) in [7, 11) is 3.20. The Bertz CT molecular complexity index is 1530. The molecule has 3 aromatic carbocycles. The van der Waals surface area contributed by atoms with Gasteiger partial charge in [0.25, 0.3) is 5.56 Å². The Morgan fingerprint density at radius 3 is 2.62 bits per heavy atom. The van der Waals surface area contributed by atoms with E-state index in [9.17, 15) is 4.79 Å². The topological polar surface area (TPSA) is 78.8 Å². The van der Waals surface area contributed by atoms with Crippen molar-refractivity contribution in [2.75, 3.05) is 14.2 Å². The van der Waals surface area contributed by atoms with E-state index in [0.717, 1.165) is 10.9 Å². The molecule has 0 atom stereocenters. The van der Waals surface area contributed by atoms with Gasteiger partial charge >= 0.3 is 0 Å². The van der Waals surface area contributed by atoms with Crippen LogP contribution >= 0.6 is 0 Å². The predicted molar refractivity (Wildman–Crippen MR) is 124 cm³/mol. The molecule has 0 aliphatic carbocycles. The Balaban J connectivity index is 1.73. The van der Waals surface area contributed by atoms with Crippen molar-refractivity contribution in [1.82, 2.24) is 9.66 Å². The van der Waals surface area contributed by atoms with Gasteiger partial charge in [-0.3, -0.25) is 4.79 Å². The fourth-order valence-corrected chi connectivity index (χ4v) is 3.56. The van der Waals surface area contributed by atoms with E-state index in [1.807, 2.05) is 54.6 Å². The summed E-state index contributed by atoms with van der Waals surface area (Å²) in [5.74, 6) is 2.08. The van der Waals surface area contributed by atoms with Gasteiger partial charge in [0.2, 0.25) is 5.82 Å². The van der Waals surface area contributed by atoms with Crippen LogP contribution < -0.4 is 15.0 Å². The number of rotatable bonds is 5. The summed E-state index contributed by atoms with van der Waals surface area (Å²) in [6, 6.07) is 21.9. The van der Waals surface area contributed by atoms with Crippen molar-refractivity contribution < 1.29 is 13.9 Å². The highest BCUT2D eigenvalue weighted by Gasteiger charge is 2.17. The van der Waals surface area contributed by atoms with Gasteiger partial charge in [-0.2, -0.15) is 9.78 Å². The first-order chi connectivity index (χ1) is 15.7. The third-order valence-corrected chi connectivity index (χ3v) is 5.13. The maximum atomic E-state index is 13.3. The zero-order chi connectivity index (χ0) is 22.1. The number of nitrogens with zero attached hydrogens (tertiary/aromatic N) is 3. The van der Waals surface area contributed by atoms with Crippen LogP contribution in [-0.2, 0) is 0 Å². The van der Waals surface area contributed by atoms with Crippen molar-refractivity contribution in [1.29, 1.82) is 0 Å². The lowest BCUT2D eigenvalue weighted by Gasteiger charge is -2.07. The van der Waals surface area contributed by atoms with E-state index < -0.39 is 0 Å². The molecule has 0 N–H and O–H groups in total. The minimum atomic E-state index is -0.294. The van der Waals surface area contributed by atoms with Crippen LogP contribution in [0.2, 0.25) is 0 Å². The molecule has 5 rings (SSSR count). The molecule has 158 valence electrons. The quantitative estimate of drug-likeness (QED) is 0.381. The van der Waals surface area contributed by atoms with E-state index in [2.05, 4.69) is 5.10 Å². The maximum Gasteiger partial charge on any atom is 0.282 e. The fourth-order valence-electron chi connectivity index (χ4n) is 3.56. The van der Waals surface area contributed by atoms with Gasteiger partial charge in [0.15, 0.2) is 5.76 Å². The van der Waals surface area contributed by atoms with Gasteiger partial charge in [-0.05, 0) is 48.0 Å². The Morgan fingerprint density at radius 2 is 1.78 bits per heavy atom. The molecule has 0 bridgehead atoms. The Hall–Kier alpha value is -4.39. The minimum absolute atomic E-state index is 0.294. The molecule has 7 heteroatoms. The Kier molecular flexibility index (Phi) is 4.91. The van der Waals surface area contributed by atoms with E-state index in [1.165, 1.54) is 4.68 Å². The molecule has 5 aromatic rings. The SMILES string of the molecule is COc1cccc(C=Nn2c(-c3cc4c(OC)cccc4o3)nc3ccccc3c2=O)c1. The average molecular weight is 425 g/mol. The minimum Gasteiger partial charge on any atom is -0.497 e. The molecular weight excluding hydrogens is 406 g/mol.